The highest BCUT2D eigenvalue weighted by Crippen LogP contribution is 2.38. The van der Waals surface area contributed by atoms with E-state index in [4.69, 9.17) is 0 Å². The number of nitrogens with one attached hydrogen (secondary N) is 2. The van der Waals surface area contributed by atoms with E-state index in [1.54, 1.807) is 29.0 Å². The number of H-pyrrole nitrogens is 2. The number of halogens is 1. The van der Waals surface area contributed by atoms with Crippen LogP contribution in [0.15, 0.2) is 58.5 Å². The number of anilines is 1. The second-order valence-corrected chi connectivity index (χ2v) is 7.00. The Kier molecular flexibility index (Phi) is 4.01. The standard InChI is InChI=1S/C20H17FN6O2/c21-13-5-3-12(4-6-13)16-2-1-8-26(16)17-10-15(25-27-9-7-22-18(17)27)14-11-23-20(29)24-19(14)28/h3-7,9-11,16H,1-2,8H2,(H2,23,24,28,29)/t16-/m0/s1. The Morgan fingerprint density at radius 1 is 1.17 bits per heavy atom. The molecular formula is C20H17FN6O2. The summed E-state index contributed by atoms with van der Waals surface area (Å²) in [6.45, 7) is 0.802. The molecule has 1 aliphatic rings. The molecule has 1 aromatic carbocycles. The van der Waals surface area contributed by atoms with Crippen LogP contribution in [-0.4, -0.2) is 31.1 Å². The molecule has 146 valence electrons. The van der Waals surface area contributed by atoms with Gasteiger partial charge in [0.2, 0.25) is 0 Å². The molecule has 0 bridgehead atoms. The Hall–Kier alpha value is -3.75. The summed E-state index contributed by atoms with van der Waals surface area (Å²) in [6, 6.07) is 8.42. The van der Waals surface area contributed by atoms with Crippen molar-refractivity contribution in [2.45, 2.75) is 18.9 Å². The molecular weight excluding hydrogens is 375 g/mol. The fraction of sp³-hybridized carbons (Fsp3) is 0.200. The highest BCUT2D eigenvalue weighted by atomic mass is 19.1. The monoisotopic (exact) mass is 392 g/mol. The lowest BCUT2D eigenvalue weighted by Gasteiger charge is -2.27. The van der Waals surface area contributed by atoms with Crippen molar-refractivity contribution in [3.8, 4) is 11.3 Å². The first-order chi connectivity index (χ1) is 14.1. The molecule has 3 aromatic heterocycles. The van der Waals surface area contributed by atoms with E-state index in [-0.39, 0.29) is 17.4 Å². The molecule has 4 aromatic rings. The van der Waals surface area contributed by atoms with E-state index < -0.39 is 11.2 Å². The zero-order valence-corrected chi connectivity index (χ0v) is 15.3. The molecule has 0 amide bonds. The van der Waals surface area contributed by atoms with Crippen molar-refractivity contribution in [1.29, 1.82) is 0 Å². The molecule has 5 rings (SSSR count). The van der Waals surface area contributed by atoms with Gasteiger partial charge in [-0.2, -0.15) is 5.10 Å². The quantitative estimate of drug-likeness (QED) is 0.557. The first kappa shape index (κ1) is 17.4. The number of imidazole rings is 1. The molecule has 1 atom stereocenters. The summed E-state index contributed by atoms with van der Waals surface area (Å²) in [6.07, 6.45) is 6.62. The third kappa shape index (κ3) is 3.00. The van der Waals surface area contributed by atoms with Gasteiger partial charge in [0.25, 0.3) is 5.56 Å². The normalized spacial score (nSPS) is 16.6. The Morgan fingerprint density at radius 2 is 2.00 bits per heavy atom. The van der Waals surface area contributed by atoms with Crippen molar-refractivity contribution in [1.82, 2.24) is 24.6 Å². The maximum absolute atomic E-state index is 13.4. The Balaban J connectivity index is 1.66. The van der Waals surface area contributed by atoms with Crippen molar-refractivity contribution in [2.75, 3.05) is 11.4 Å². The van der Waals surface area contributed by atoms with Crippen LogP contribution in [0.4, 0.5) is 10.1 Å². The van der Waals surface area contributed by atoms with E-state index in [2.05, 4.69) is 25.0 Å². The van der Waals surface area contributed by atoms with Gasteiger partial charge in [-0.05, 0) is 36.6 Å². The minimum atomic E-state index is -0.571. The molecule has 1 fully saturated rings. The molecule has 0 unspecified atom stereocenters. The lowest BCUT2D eigenvalue weighted by atomic mass is 10.0. The second-order valence-electron chi connectivity index (χ2n) is 7.00. The van der Waals surface area contributed by atoms with E-state index >= 15 is 0 Å². The van der Waals surface area contributed by atoms with E-state index in [0.717, 1.165) is 30.6 Å². The lowest BCUT2D eigenvalue weighted by molar-refractivity contribution is 0.624. The summed E-state index contributed by atoms with van der Waals surface area (Å²) in [5.74, 6) is -0.266. The average molecular weight is 392 g/mol. The van der Waals surface area contributed by atoms with Gasteiger partial charge in [-0.15, -0.1) is 0 Å². The van der Waals surface area contributed by atoms with Crippen LogP contribution < -0.4 is 16.1 Å². The lowest BCUT2D eigenvalue weighted by Crippen LogP contribution is -2.25. The molecule has 29 heavy (non-hydrogen) atoms. The summed E-state index contributed by atoms with van der Waals surface area (Å²) < 4.78 is 15.0. The highest BCUT2D eigenvalue weighted by Gasteiger charge is 2.29. The van der Waals surface area contributed by atoms with Crippen molar-refractivity contribution in [3.63, 3.8) is 0 Å². The summed E-state index contributed by atoms with van der Waals surface area (Å²) >= 11 is 0. The first-order valence-corrected chi connectivity index (χ1v) is 9.29. The van der Waals surface area contributed by atoms with E-state index in [1.807, 2.05) is 6.07 Å². The number of fused-ring (bicyclic) bond motifs is 1. The summed E-state index contributed by atoms with van der Waals surface area (Å²) in [5, 5.41) is 4.47. The van der Waals surface area contributed by atoms with Gasteiger partial charge < -0.3 is 9.88 Å². The molecule has 2 N–H and O–H groups in total. The van der Waals surface area contributed by atoms with Crippen molar-refractivity contribution in [3.05, 3.63) is 81.1 Å². The predicted octanol–water partition coefficient (Wildman–Crippen LogP) is 2.25. The number of hydrogen-bond acceptors (Lipinski definition) is 5. The Labute approximate surface area is 163 Å². The first-order valence-electron chi connectivity index (χ1n) is 9.29. The highest BCUT2D eigenvalue weighted by molar-refractivity contribution is 5.75. The molecule has 0 radical (unpaired) electrons. The van der Waals surface area contributed by atoms with Gasteiger partial charge >= 0.3 is 5.69 Å². The largest absolute Gasteiger partial charge is 0.361 e. The van der Waals surface area contributed by atoms with Crippen LogP contribution in [0, 0.1) is 5.82 Å². The van der Waals surface area contributed by atoms with Crippen LogP contribution in [-0.2, 0) is 0 Å². The van der Waals surface area contributed by atoms with Crippen LogP contribution in [0.3, 0.4) is 0 Å². The fourth-order valence-electron chi connectivity index (χ4n) is 3.93. The van der Waals surface area contributed by atoms with E-state index in [0.29, 0.717) is 11.3 Å². The van der Waals surface area contributed by atoms with Gasteiger partial charge in [0.15, 0.2) is 5.65 Å². The molecule has 4 heterocycles. The van der Waals surface area contributed by atoms with Gasteiger partial charge in [-0.3, -0.25) is 9.78 Å². The average Bonchev–Trinajstić information content (AvgIpc) is 3.37. The molecule has 8 nitrogen and oxygen atoms in total. The molecule has 0 spiro atoms. The molecule has 1 aliphatic heterocycles. The van der Waals surface area contributed by atoms with Gasteiger partial charge in [0.05, 0.1) is 17.3 Å². The smallest absolute Gasteiger partial charge is 0.325 e. The van der Waals surface area contributed by atoms with Crippen LogP contribution in [0.1, 0.15) is 24.4 Å². The Bertz CT molecular complexity index is 1310. The topological polar surface area (TPSA) is 99.2 Å². The fourth-order valence-corrected chi connectivity index (χ4v) is 3.93. The second kappa shape index (κ2) is 6.69. The summed E-state index contributed by atoms with van der Waals surface area (Å²) in [7, 11) is 0. The zero-order chi connectivity index (χ0) is 20.0. The van der Waals surface area contributed by atoms with E-state index in [1.165, 1.54) is 18.3 Å². The van der Waals surface area contributed by atoms with Gasteiger partial charge in [0, 0.05) is 25.1 Å². The number of rotatable bonds is 3. The predicted molar refractivity (Wildman–Crippen MR) is 105 cm³/mol. The number of aromatic nitrogens is 5. The van der Waals surface area contributed by atoms with Crippen LogP contribution in [0.5, 0.6) is 0 Å². The van der Waals surface area contributed by atoms with Crippen LogP contribution in [0.25, 0.3) is 16.9 Å². The molecule has 9 heteroatoms. The van der Waals surface area contributed by atoms with Crippen molar-refractivity contribution in [2.24, 2.45) is 0 Å². The van der Waals surface area contributed by atoms with Crippen molar-refractivity contribution >= 4 is 11.3 Å². The van der Waals surface area contributed by atoms with Crippen LogP contribution >= 0.6 is 0 Å². The number of benzene rings is 1. The minimum absolute atomic E-state index is 0.0696. The maximum Gasteiger partial charge on any atom is 0.325 e. The third-order valence-electron chi connectivity index (χ3n) is 5.25. The molecule has 1 saturated heterocycles. The third-order valence-corrected chi connectivity index (χ3v) is 5.25. The number of aromatic amines is 2. The van der Waals surface area contributed by atoms with Crippen LogP contribution in [0.2, 0.25) is 0 Å². The van der Waals surface area contributed by atoms with Crippen molar-refractivity contribution < 1.29 is 4.39 Å². The zero-order valence-electron chi connectivity index (χ0n) is 15.3. The maximum atomic E-state index is 13.4. The minimum Gasteiger partial charge on any atom is -0.361 e. The SMILES string of the molecule is O=c1[nH]cc(-c2cc(N3CCC[C@H]3c3ccc(F)cc3)c3nccn3n2)c(=O)[nH]1. The summed E-state index contributed by atoms with van der Waals surface area (Å²) in [4.78, 5) is 35.0. The Morgan fingerprint density at radius 3 is 2.79 bits per heavy atom. The van der Waals surface area contributed by atoms with Gasteiger partial charge in [0.1, 0.15) is 11.5 Å². The summed E-state index contributed by atoms with van der Waals surface area (Å²) in [5.41, 5.74) is 2.13. The number of nitrogens with zero attached hydrogens (tertiary/aromatic N) is 4. The van der Waals surface area contributed by atoms with Gasteiger partial charge in [-0.1, -0.05) is 12.1 Å². The molecule has 0 saturated carbocycles. The number of hydrogen-bond donors (Lipinski definition) is 2. The van der Waals surface area contributed by atoms with Gasteiger partial charge in [-0.25, -0.2) is 18.7 Å². The van der Waals surface area contributed by atoms with E-state index in [9.17, 15) is 14.0 Å². The molecule has 0 aliphatic carbocycles.